The molecule has 3 heterocycles. The summed E-state index contributed by atoms with van der Waals surface area (Å²) in [5.74, 6) is 1.05. The highest BCUT2D eigenvalue weighted by Crippen LogP contribution is 2.33. The van der Waals surface area contributed by atoms with Gasteiger partial charge in [0.05, 0.1) is 30.2 Å². The molecule has 8 nitrogen and oxygen atoms in total. The summed E-state index contributed by atoms with van der Waals surface area (Å²) >= 11 is 0. The van der Waals surface area contributed by atoms with E-state index in [1.807, 2.05) is 78.2 Å². The first-order chi connectivity index (χ1) is 17.0. The van der Waals surface area contributed by atoms with Crippen molar-refractivity contribution in [3.8, 4) is 11.4 Å². The Morgan fingerprint density at radius 1 is 1.03 bits per heavy atom. The fourth-order valence-corrected chi connectivity index (χ4v) is 4.73. The average Bonchev–Trinajstić information content (AvgIpc) is 3.24. The number of carbonyl (C=O) groups is 2. The zero-order chi connectivity index (χ0) is 24.4. The van der Waals surface area contributed by atoms with E-state index in [-0.39, 0.29) is 18.4 Å². The lowest BCUT2D eigenvalue weighted by molar-refractivity contribution is -0.139. The number of aromatic nitrogens is 2. The minimum absolute atomic E-state index is 0.00214. The first kappa shape index (κ1) is 23.0. The number of para-hydroxylation sites is 2. The topological polar surface area (TPSA) is 79.7 Å². The lowest BCUT2D eigenvalue weighted by Gasteiger charge is -2.38. The third-order valence-corrected chi connectivity index (χ3v) is 6.52. The lowest BCUT2D eigenvalue weighted by Crippen LogP contribution is -2.52. The van der Waals surface area contributed by atoms with Crippen molar-refractivity contribution in [2.45, 2.75) is 39.2 Å². The first-order valence-corrected chi connectivity index (χ1v) is 12.2. The van der Waals surface area contributed by atoms with Gasteiger partial charge >= 0.3 is 0 Å². The van der Waals surface area contributed by atoms with E-state index in [0.717, 1.165) is 55.0 Å². The maximum absolute atomic E-state index is 13.2. The van der Waals surface area contributed by atoms with Gasteiger partial charge in [-0.3, -0.25) is 9.59 Å². The number of benzene rings is 2. The SMILES string of the molecule is Cc1ccc(-n2nc(C)cc2NC(=O)CN2CC(C(=O)N3CCCCC3)Oc3ccccc32)cc1. The molecule has 0 radical (unpaired) electrons. The number of amides is 2. The van der Waals surface area contributed by atoms with Crippen molar-refractivity contribution in [2.24, 2.45) is 0 Å². The van der Waals surface area contributed by atoms with Crippen LogP contribution in [-0.4, -0.2) is 58.8 Å². The van der Waals surface area contributed by atoms with E-state index in [9.17, 15) is 9.59 Å². The van der Waals surface area contributed by atoms with Crippen LogP contribution in [0.2, 0.25) is 0 Å². The van der Waals surface area contributed by atoms with Crippen LogP contribution in [-0.2, 0) is 9.59 Å². The van der Waals surface area contributed by atoms with Crippen molar-refractivity contribution in [3.63, 3.8) is 0 Å². The smallest absolute Gasteiger partial charge is 0.265 e. The summed E-state index contributed by atoms with van der Waals surface area (Å²) in [6, 6.07) is 17.4. The fourth-order valence-electron chi connectivity index (χ4n) is 4.73. The maximum atomic E-state index is 13.2. The molecule has 2 aliphatic heterocycles. The molecule has 2 aromatic carbocycles. The molecule has 1 unspecified atom stereocenters. The van der Waals surface area contributed by atoms with Crippen molar-refractivity contribution in [2.75, 3.05) is 36.4 Å². The Balaban J connectivity index is 1.33. The van der Waals surface area contributed by atoms with E-state index in [4.69, 9.17) is 4.74 Å². The van der Waals surface area contributed by atoms with Gasteiger partial charge in [-0.1, -0.05) is 29.8 Å². The summed E-state index contributed by atoms with van der Waals surface area (Å²) in [6.07, 6.45) is 2.57. The van der Waals surface area contributed by atoms with Crippen LogP contribution in [0.15, 0.2) is 54.6 Å². The number of hydrogen-bond donors (Lipinski definition) is 1. The van der Waals surface area contributed by atoms with E-state index in [1.165, 1.54) is 0 Å². The molecular formula is C27H31N5O3. The summed E-state index contributed by atoms with van der Waals surface area (Å²) in [6.45, 7) is 5.89. The molecule has 1 saturated heterocycles. The molecule has 5 rings (SSSR count). The molecule has 182 valence electrons. The molecule has 8 heteroatoms. The Bertz CT molecular complexity index is 1210. The number of aryl methyl sites for hydroxylation is 2. The predicted octanol–water partition coefficient (Wildman–Crippen LogP) is 3.71. The lowest BCUT2D eigenvalue weighted by atomic mass is 10.1. The van der Waals surface area contributed by atoms with Crippen LogP contribution in [0, 0.1) is 13.8 Å². The molecule has 1 N–H and O–H groups in total. The second-order valence-electron chi connectivity index (χ2n) is 9.31. The van der Waals surface area contributed by atoms with Crippen molar-refractivity contribution >= 4 is 23.3 Å². The van der Waals surface area contributed by atoms with Crippen LogP contribution >= 0.6 is 0 Å². The molecule has 1 fully saturated rings. The molecule has 0 saturated carbocycles. The third-order valence-electron chi connectivity index (χ3n) is 6.52. The molecule has 0 bridgehead atoms. The quantitative estimate of drug-likeness (QED) is 0.611. The van der Waals surface area contributed by atoms with Crippen LogP contribution in [0.25, 0.3) is 5.69 Å². The highest BCUT2D eigenvalue weighted by Gasteiger charge is 2.34. The summed E-state index contributed by atoms with van der Waals surface area (Å²) in [5.41, 5.74) is 3.66. The predicted molar refractivity (Wildman–Crippen MR) is 135 cm³/mol. The number of likely N-dealkylation sites (tertiary alicyclic amines) is 1. The van der Waals surface area contributed by atoms with Crippen LogP contribution in [0.4, 0.5) is 11.5 Å². The standard InChI is InChI=1S/C27H31N5O3/c1-19-10-12-21(13-11-19)32-25(16-20(2)29-32)28-26(33)18-31-17-24(27(34)30-14-6-3-7-15-30)35-23-9-5-4-8-22(23)31/h4-5,8-13,16,24H,3,6-7,14-15,17-18H2,1-2H3,(H,28,33). The van der Waals surface area contributed by atoms with E-state index >= 15 is 0 Å². The molecule has 2 amide bonds. The highest BCUT2D eigenvalue weighted by atomic mass is 16.5. The number of carbonyl (C=O) groups excluding carboxylic acids is 2. The molecule has 2 aliphatic rings. The van der Waals surface area contributed by atoms with Gasteiger partial charge in [0.25, 0.3) is 5.91 Å². The Morgan fingerprint density at radius 2 is 1.77 bits per heavy atom. The number of piperidine rings is 1. The van der Waals surface area contributed by atoms with Gasteiger partial charge in [-0.15, -0.1) is 0 Å². The molecule has 1 aromatic heterocycles. The van der Waals surface area contributed by atoms with E-state index in [0.29, 0.717) is 18.1 Å². The number of anilines is 2. The second-order valence-corrected chi connectivity index (χ2v) is 9.31. The first-order valence-electron chi connectivity index (χ1n) is 12.2. The van der Waals surface area contributed by atoms with Crippen LogP contribution in [0.3, 0.4) is 0 Å². The van der Waals surface area contributed by atoms with Gasteiger partial charge in [-0.05, 0) is 57.4 Å². The van der Waals surface area contributed by atoms with Gasteiger partial charge in [-0.2, -0.15) is 5.10 Å². The third kappa shape index (κ3) is 5.01. The number of rotatable bonds is 5. The minimum Gasteiger partial charge on any atom is -0.477 e. The Kier molecular flexibility index (Phi) is 6.44. The van der Waals surface area contributed by atoms with Crippen LogP contribution in [0.1, 0.15) is 30.5 Å². The number of ether oxygens (including phenoxy) is 1. The Morgan fingerprint density at radius 3 is 2.54 bits per heavy atom. The summed E-state index contributed by atoms with van der Waals surface area (Å²) in [5, 5.41) is 7.57. The van der Waals surface area contributed by atoms with Gasteiger partial charge in [0.2, 0.25) is 5.91 Å². The molecule has 1 atom stereocenters. The van der Waals surface area contributed by atoms with Gasteiger partial charge < -0.3 is 19.9 Å². The van der Waals surface area contributed by atoms with Crippen molar-refractivity contribution in [3.05, 3.63) is 65.9 Å². The monoisotopic (exact) mass is 473 g/mol. The van der Waals surface area contributed by atoms with E-state index < -0.39 is 6.10 Å². The Labute approximate surface area is 205 Å². The molecule has 0 aliphatic carbocycles. The van der Waals surface area contributed by atoms with Gasteiger partial charge in [0, 0.05) is 19.2 Å². The number of fused-ring (bicyclic) bond motifs is 1. The number of nitrogens with zero attached hydrogens (tertiary/aromatic N) is 4. The zero-order valence-corrected chi connectivity index (χ0v) is 20.2. The van der Waals surface area contributed by atoms with Crippen molar-refractivity contribution < 1.29 is 14.3 Å². The number of hydrogen-bond acceptors (Lipinski definition) is 5. The molecule has 0 spiro atoms. The van der Waals surface area contributed by atoms with E-state index in [2.05, 4.69) is 10.4 Å². The van der Waals surface area contributed by atoms with Gasteiger partial charge in [-0.25, -0.2) is 4.68 Å². The van der Waals surface area contributed by atoms with Gasteiger partial charge in [0.1, 0.15) is 11.6 Å². The van der Waals surface area contributed by atoms with E-state index in [1.54, 1.807) is 4.68 Å². The molecular weight excluding hydrogens is 442 g/mol. The second kappa shape index (κ2) is 9.82. The summed E-state index contributed by atoms with van der Waals surface area (Å²) in [4.78, 5) is 30.2. The van der Waals surface area contributed by atoms with Crippen LogP contribution in [0.5, 0.6) is 5.75 Å². The van der Waals surface area contributed by atoms with Crippen LogP contribution < -0.4 is 15.0 Å². The summed E-state index contributed by atoms with van der Waals surface area (Å²) < 4.78 is 7.83. The highest BCUT2D eigenvalue weighted by molar-refractivity contribution is 5.94. The minimum atomic E-state index is -0.629. The largest absolute Gasteiger partial charge is 0.477 e. The Hall–Kier alpha value is -3.81. The summed E-state index contributed by atoms with van der Waals surface area (Å²) in [7, 11) is 0. The molecule has 3 aromatic rings. The zero-order valence-electron chi connectivity index (χ0n) is 20.2. The normalized spacial score (nSPS) is 17.5. The van der Waals surface area contributed by atoms with Gasteiger partial charge in [0.15, 0.2) is 6.10 Å². The average molecular weight is 474 g/mol. The molecule has 35 heavy (non-hydrogen) atoms. The maximum Gasteiger partial charge on any atom is 0.265 e. The van der Waals surface area contributed by atoms with Crippen molar-refractivity contribution in [1.29, 1.82) is 0 Å². The number of nitrogens with one attached hydrogen (secondary N) is 1. The fraction of sp³-hybridized carbons (Fsp3) is 0.370. The van der Waals surface area contributed by atoms with Crippen molar-refractivity contribution in [1.82, 2.24) is 14.7 Å².